The molecule has 0 aliphatic rings. The van der Waals surface area contributed by atoms with Gasteiger partial charge in [-0.2, -0.15) is 0 Å². The highest BCUT2D eigenvalue weighted by Crippen LogP contribution is 2.37. The zero-order chi connectivity index (χ0) is 15.4. The van der Waals surface area contributed by atoms with Crippen LogP contribution in [0.5, 0.6) is 5.75 Å². The van der Waals surface area contributed by atoms with Crippen LogP contribution in [0.25, 0.3) is 5.57 Å². The van der Waals surface area contributed by atoms with E-state index >= 15 is 0 Å². The van der Waals surface area contributed by atoms with Crippen molar-refractivity contribution in [1.29, 1.82) is 0 Å². The summed E-state index contributed by atoms with van der Waals surface area (Å²) < 4.78 is 6.33. The lowest BCUT2D eigenvalue weighted by molar-refractivity contribution is 0.343. The van der Waals surface area contributed by atoms with Crippen LogP contribution in [0.4, 0.5) is 0 Å². The Balaban J connectivity index is 3.03. The van der Waals surface area contributed by atoms with Crippen LogP contribution in [0.2, 0.25) is 18.1 Å². The summed E-state index contributed by atoms with van der Waals surface area (Å²) in [5.74, 6) is 0.936. The van der Waals surface area contributed by atoms with E-state index in [1.165, 1.54) is 0 Å². The Bertz CT molecular complexity index is 470. The normalized spacial score (nSPS) is 13.4. The first-order valence-corrected chi connectivity index (χ1v) is 10.2. The van der Waals surface area contributed by atoms with Crippen molar-refractivity contribution in [3.05, 3.63) is 35.9 Å². The summed E-state index contributed by atoms with van der Waals surface area (Å²) in [7, 11) is -1.80. The fourth-order valence-corrected chi connectivity index (χ4v) is 2.81. The Labute approximate surface area is 124 Å². The SMILES string of the molecule is CC/C(=C\CO)c1cccc(O[Si](C)(C)C(C)(C)C)c1. The van der Waals surface area contributed by atoms with Gasteiger partial charge in [0.15, 0.2) is 0 Å². The van der Waals surface area contributed by atoms with Gasteiger partial charge in [0.2, 0.25) is 8.32 Å². The molecule has 3 heteroatoms. The first-order chi connectivity index (χ1) is 9.21. The van der Waals surface area contributed by atoms with Crippen molar-refractivity contribution in [1.82, 2.24) is 0 Å². The Morgan fingerprint density at radius 1 is 1.30 bits per heavy atom. The minimum atomic E-state index is -1.80. The van der Waals surface area contributed by atoms with Gasteiger partial charge in [-0.25, -0.2) is 0 Å². The van der Waals surface area contributed by atoms with Crippen molar-refractivity contribution >= 4 is 13.9 Å². The quantitative estimate of drug-likeness (QED) is 0.786. The standard InChI is InChI=1S/C17H28O2Si/c1-7-14(11-12-18)15-9-8-10-16(13-15)19-20(5,6)17(2,3)4/h8-11,13,18H,7,12H2,1-6H3/b14-11+. The van der Waals surface area contributed by atoms with Crippen LogP contribution in [0, 0.1) is 0 Å². The number of rotatable bonds is 5. The molecule has 0 aliphatic heterocycles. The number of hydrogen-bond donors (Lipinski definition) is 1. The summed E-state index contributed by atoms with van der Waals surface area (Å²) in [5, 5.41) is 9.28. The van der Waals surface area contributed by atoms with Gasteiger partial charge in [0.1, 0.15) is 5.75 Å². The van der Waals surface area contributed by atoms with Crippen LogP contribution < -0.4 is 4.43 Å². The smallest absolute Gasteiger partial charge is 0.250 e. The van der Waals surface area contributed by atoms with Gasteiger partial charge < -0.3 is 9.53 Å². The van der Waals surface area contributed by atoms with Gasteiger partial charge in [-0.05, 0) is 47.8 Å². The molecule has 0 saturated carbocycles. The maximum atomic E-state index is 9.09. The molecule has 0 spiro atoms. The summed E-state index contributed by atoms with van der Waals surface area (Å²) in [4.78, 5) is 0. The molecule has 0 heterocycles. The van der Waals surface area contributed by atoms with E-state index in [2.05, 4.69) is 52.9 Å². The highest BCUT2D eigenvalue weighted by atomic mass is 28.4. The third-order valence-electron chi connectivity index (χ3n) is 4.10. The molecule has 1 N–H and O–H groups in total. The summed E-state index contributed by atoms with van der Waals surface area (Å²) in [6, 6.07) is 8.21. The molecule has 1 aromatic carbocycles. The second-order valence-electron chi connectivity index (χ2n) is 6.66. The summed E-state index contributed by atoms with van der Waals surface area (Å²) in [5.41, 5.74) is 2.30. The maximum Gasteiger partial charge on any atom is 0.250 e. The van der Waals surface area contributed by atoms with E-state index in [-0.39, 0.29) is 11.6 Å². The maximum absolute atomic E-state index is 9.09. The summed E-state index contributed by atoms with van der Waals surface area (Å²) in [6.07, 6.45) is 2.77. The van der Waals surface area contributed by atoms with E-state index in [1.807, 2.05) is 18.2 Å². The minimum absolute atomic E-state index is 0.0799. The monoisotopic (exact) mass is 292 g/mol. The Hall–Kier alpha value is -1.06. The van der Waals surface area contributed by atoms with Gasteiger partial charge in [-0.15, -0.1) is 0 Å². The highest BCUT2D eigenvalue weighted by Gasteiger charge is 2.38. The van der Waals surface area contributed by atoms with Crippen LogP contribution in [0.1, 0.15) is 39.7 Å². The van der Waals surface area contributed by atoms with E-state index in [1.54, 1.807) is 0 Å². The fraction of sp³-hybridized carbons (Fsp3) is 0.529. The fourth-order valence-electron chi connectivity index (χ4n) is 1.78. The van der Waals surface area contributed by atoms with E-state index in [0.29, 0.717) is 0 Å². The van der Waals surface area contributed by atoms with Crippen molar-refractivity contribution in [3.63, 3.8) is 0 Å². The zero-order valence-electron chi connectivity index (χ0n) is 13.7. The molecule has 0 bridgehead atoms. The van der Waals surface area contributed by atoms with Crippen molar-refractivity contribution < 1.29 is 9.53 Å². The average molecular weight is 292 g/mol. The van der Waals surface area contributed by atoms with Gasteiger partial charge in [0, 0.05) is 0 Å². The molecule has 1 aromatic rings. The summed E-state index contributed by atoms with van der Waals surface area (Å²) >= 11 is 0. The van der Waals surface area contributed by atoms with E-state index < -0.39 is 8.32 Å². The Kier molecular flexibility index (Phi) is 5.60. The first-order valence-electron chi connectivity index (χ1n) is 7.30. The topological polar surface area (TPSA) is 29.5 Å². The molecular weight excluding hydrogens is 264 g/mol. The number of benzene rings is 1. The predicted molar refractivity (Wildman–Crippen MR) is 89.6 cm³/mol. The van der Waals surface area contributed by atoms with Gasteiger partial charge in [0.05, 0.1) is 6.61 Å². The molecule has 0 atom stereocenters. The largest absolute Gasteiger partial charge is 0.543 e. The Morgan fingerprint density at radius 3 is 2.45 bits per heavy atom. The van der Waals surface area contributed by atoms with E-state index in [9.17, 15) is 0 Å². The second kappa shape index (κ2) is 6.59. The van der Waals surface area contributed by atoms with Crippen molar-refractivity contribution in [2.75, 3.05) is 6.61 Å². The third kappa shape index (κ3) is 4.22. The minimum Gasteiger partial charge on any atom is -0.543 e. The number of aliphatic hydroxyl groups is 1. The van der Waals surface area contributed by atoms with Crippen molar-refractivity contribution in [2.24, 2.45) is 0 Å². The predicted octanol–water partition coefficient (Wildman–Crippen LogP) is 4.86. The van der Waals surface area contributed by atoms with E-state index in [4.69, 9.17) is 9.53 Å². The van der Waals surface area contributed by atoms with Gasteiger partial charge in [-0.3, -0.25) is 0 Å². The molecule has 0 unspecified atom stereocenters. The second-order valence-corrected chi connectivity index (χ2v) is 11.4. The Morgan fingerprint density at radius 2 is 1.95 bits per heavy atom. The van der Waals surface area contributed by atoms with Crippen LogP contribution in [-0.4, -0.2) is 20.0 Å². The van der Waals surface area contributed by atoms with Crippen LogP contribution in [0.3, 0.4) is 0 Å². The number of allylic oxidation sites excluding steroid dienone is 1. The first kappa shape index (κ1) is 17.0. The van der Waals surface area contributed by atoms with E-state index in [0.717, 1.165) is 23.3 Å². The molecule has 2 nitrogen and oxygen atoms in total. The molecule has 0 aromatic heterocycles. The molecule has 0 aliphatic carbocycles. The molecule has 20 heavy (non-hydrogen) atoms. The van der Waals surface area contributed by atoms with Gasteiger partial charge >= 0.3 is 0 Å². The summed E-state index contributed by atoms with van der Waals surface area (Å²) in [6.45, 7) is 13.4. The third-order valence-corrected chi connectivity index (χ3v) is 8.46. The molecule has 1 rings (SSSR count). The molecule has 0 radical (unpaired) electrons. The molecule has 0 fully saturated rings. The highest BCUT2D eigenvalue weighted by molar-refractivity contribution is 6.74. The molecule has 0 amide bonds. The number of hydrogen-bond acceptors (Lipinski definition) is 2. The van der Waals surface area contributed by atoms with Gasteiger partial charge in [-0.1, -0.05) is 45.9 Å². The van der Waals surface area contributed by atoms with Crippen LogP contribution in [-0.2, 0) is 0 Å². The molecule has 0 saturated heterocycles. The molecule has 112 valence electrons. The number of aliphatic hydroxyl groups excluding tert-OH is 1. The lowest BCUT2D eigenvalue weighted by Crippen LogP contribution is -2.43. The zero-order valence-corrected chi connectivity index (χ0v) is 14.7. The average Bonchev–Trinajstić information content (AvgIpc) is 2.34. The van der Waals surface area contributed by atoms with Crippen molar-refractivity contribution in [2.45, 2.75) is 52.2 Å². The van der Waals surface area contributed by atoms with Crippen molar-refractivity contribution in [3.8, 4) is 5.75 Å². The lowest BCUT2D eigenvalue weighted by Gasteiger charge is -2.36. The van der Waals surface area contributed by atoms with Gasteiger partial charge in [0.25, 0.3) is 0 Å². The van der Waals surface area contributed by atoms with Crippen LogP contribution in [0.15, 0.2) is 30.3 Å². The van der Waals surface area contributed by atoms with Crippen LogP contribution >= 0.6 is 0 Å². The molecular formula is C17H28O2Si. The lowest BCUT2D eigenvalue weighted by atomic mass is 10.0.